The van der Waals surface area contributed by atoms with Crippen LogP contribution in [0.25, 0.3) is 0 Å². The minimum atomic E-state index is -3.99. The average molecular weight is 318 g/mol. The maximum atomic E-state index is 12.4. The Morgan fingerprint density at radius 2 is 1.19 bits per heavy atom. The van der Waals surface area contributed by atoms with E-state index in [9.17, 15) is 18.0 Å². The molecule has 0 aliphatic rings. The lowest BCUT2D eigenvalue weighted by Gasteiger charge is -2.23. The molecule has 0 aromatic heterocycles. The molecule has 0 aliphatic heterocycles. The highest BCUT2D eigenvalue weighted by atomic mass is 32.2. The van der Waals surface area contributed by atoms with Crippen LogP contribution < -0.4 is 0 Å². The van der Waals surface area contributed by atoms with E-state index in [4.69, 9.17) is 9.47 Å². The molecule has 2 unspecified atom stereocenters. The SMILES string of the molecule is C=C(C)C(=O)OC(CC)S(=O)(=O)C(CC)OC(=O)C(=C)C. The summed E-state index contributed by atoms with van der Waals surface area (Å²) in [5.74, 6) is -1.60. The fourth-order valence-corrected chi connectivity index (χ4v) is 3.09. The fourth-order valence-electron chi connectivity index (χ4n) is 1.37. The van der Waals surface area contributed by atoms with Gasteiger partial charge in [0.05, 0.1) is 0 Å². The van der Waals surface area contributed by atoms with Gasteiger partial charge in [-0.2, -0.15) is 0 Å². The molecule has 21 heavy (non-hydrogen) atoms. The van der Waals surface area contributed by atoms with Crippen molar-refractivity contribution in [2.45, 2.75) is 51.4 Å². The van der Waals surface area contributed by atoms with Crippen molar-refractivity contribution in [3.8, 4) is 0 Å². The Balaban J connectivity index is 5.26. The van der Waals surface area contributed by atoms with E-state index in [1.54, 1.807) is 13.8 Å². The summed E-state index contributed by atoms with van der Waals surface area (Å²) in [6, 6.07) is 0. The zero-order valence-corrected chi connectivity index (χ0v) is 13.7. The van der Waals surface area contributed by atoms with E-state index in [1.165, 1.54) is 13.8 Å². The minimum Gasteiger partial charge on any atom is -0.442 e. The first kappa shape index (κ1) is 19.4. The van der Waals surface area contributed by atoms with Crippen LogP contribution in [0.4, 0.5) is 0 Å². The lowest BCUT2D eigenvalue weighted by Crippen LogP contribution is -2.37. The molecule has 0 aromatic carbocycles. The van der Waals surface area contributed by atoms with E-state index in [0.29, 0.717) is 0 Å². The number of hydrogen-bond donors (Lipinski definition) is 0. The number of esters is 2. The summed E-state index contributed by atoms with van der Waals surface area (Å²) in [6.45, 7) is 12.7. The van der Waals surface area contributed by atoms with E-state index in [2.05, 4.69) is 13.2 Å². The monoisotopic (exact) mass is 318 g/mol. The second-order valence-corrected chi connectivity index (χ2v) is 6.87. The molecule has 0 rings (SSSR count). The van der Waals surface area contributed by atoms with Crippen molar-refractivity contribution in [2.75, 3.05) is 0 Å². The van der Waals surface area contributed by atoms with Gasteiger partial charge in [-0.3, -0.25) is 0 Å². The summed E-state index contributed by atoms with van der Waals surface area (Å²) >= 11 is 0. The maximum absolute atomic E-state index is 12.4. The van der Waals surface area contributed by atoms with Crippen molar-refractivity contribution >= 4 is 21.8 Å². The lowest BCUT2D eigenvalue weighted by atomic mass is 10.4. The van der Waals surface area contributed by atoms with Crippen molar-refractivity contribution < 1.29 is 27.5 Å². The minimum absolute atomic E-state index is 0.0441. The van der Waals surface area contributed by atoms with Gasteiger partial charge in [-0.25, -0.2) is 18.0 Å². The normalized spacial score (nSPS) is 13.9. The summed E-state index contributed by atoms with van der Waals surface area (Å²) in [4.78, 5) is 23.0. The van der Waals surface area contributed by atoms with Gasteiger partial charge in [-0.1, -0.05) is 27.0 Å². The van der Waals surface area contributed by atoms with Crippen molar-refractivity contribution in [2.24, 2.45) is 0 Å². The van der Waals surface area contributed by atoms with Gasteiger partial charge in [0.15, 0.2) is 0 Å². The van der Waals surface area contributed by atoms with Gasteiger partial charge in [-0.05, 0) is 26.7 Å². The molecule has 0 bridgehead atoms. The molecule has 0 amide bonds. The number of carbonyl (C=O) groups excluding carboxylic acids is 2. The molecule has 0 fully saturated rings. The molecule has 0 heterocycles. The molecular weight excluding hydrogens is 296 g/mol. The van der Waals surface area contributed by atoms with Gasteiger partial charge in [0.25, 0.3) is 0 Å². The Labute approximate surface area is 125 Å². The van der Waals surface area contributed by atoms with Crippen molar-refractivity contribution in [1.29, 1.82) is 0 Å². The third-order valence-electron chi connectivity index (χ3n) is 2.57. The van der Waals surface area contributed by atoms with Crippen LogP contribution in [0.1, 0.15) is 40.5 Å². The largest absolute Gasteiger partial charge is 0.442 e. The highest BCUT2D eigenvalue weighted by molar-refractivity contribution is 7.92. The van der Waals surface area contributed by atoms with Crippen LogP contribution in [-0.4, -0.2) is 31.2 Å². The van der Waals surface area contributed by atoms with Crippen molar-refractivity contribution in [1.82, 2.24) is 0 Å². The summed E-state index contributed by atoms with van der Waals surface area (Å²) in [5.41, 5.74) is -2.58. The molecule has 0 saturated carbocycles. The summed E-state index contributed by atoms with van der Waals surface area (Å²) in [7, 11) is -3.99. The molecule has 0 spiro atoms. The van der Waals surface area contributed by atoms with Gasteiger partial charge >= 0.3 is 11.9 Å². The molecule has 0 N–H and O–H groups in total. The second-order valence-electron chi connectivity index (χ2n) is 4.64. The number of hydrogen-bond acceptors (Lipinski definition) is 6. The predicted molar refractivity (Wildman–Crippen MR) is 78.9 cm³/mol. The van der Waals surface area contributed by atoms with Gasteiger partial charge in [0.1, 0.15) is 0 Å². The maximum Gasteiger partial charge on any atom is 0.334 e. The Morgan fingerprint density at radius 3 is 1.38 bits per heavy atom. The summed E-state index contributed by atoms with van der Waals surface area (Å²) in [6.07, 6.45) is 0.0882. The van der Waals surface area contributed by atoms with Crippen LogP contribution in [0.3, 0.4) is 0 Å². The topological polar surface area (TPSA) is 86.7 Å². The number of sulfone groups is 1. The standard InChI is InChI=1S/C14H22O6S/c1-7-11(19-13(15)9(3)4)21(17,18)12(8-2)20-14(16)10(5)6/h11-12H,3,5,7-8H2,1-2,4,6H3. The van der Waals surface area contributed by atoms with E-state index >= 15 is 0 Å². The van der Waals surface area contributed by atoms with E-state index in [0.717, 1.165) is 0 Å². The first-order chi connectivity index (χ1) is 9.57. The number of carbonyl (C=O) groups is 2. The van der Waals surface area contributed by atoms with Crippen LogP contribution in [0.5, 0.6) is 0 Å². The number of ether oxygens (including phenoxy) is 2. The molecular formula is C14H22O6S. The molecule has 0 radical (unpaired) electrons. The van der Waals surface area contributed by atoms with Gasteiger partial charge in [-0.15, -0.1) is 0 Å². The molecule has 0 saturated heterocycles. The van der Waals surface area contributed by atoms with Crippen LogP contribution in [0.2, 0.25) is 0 Å². The molecule has 2 atom stereocenters. The van der Waals surface area contributed by atoms with Crippen molar-refractivity contribution in [3.05, 3.63) is 24.3 Å². The third-order valence-corrected chi connectivity index (χ3v) is 4.90. The Kier molecular flexibility index (Phi) is 7.35. The van der Waals surface area contributed by atoms with Gasteiger partial charge < -0.3 is 9.47 Å². The fraction of sp³-hybridized carbons (Fsp3) is 0.571. The Bertz CT molecular complexity index is 490. The highest BCUT2D eigenvalue weighted by Gasteiger charge is 2.37. The first-order valence-corrected chi connectivity index (χ1v) is 8.14. The Hall–Kier alpha value is -1.63. The van der Waals surface area contributed by atoms with Gasteiger partial charge in [0, 0.05) is 11.1 Å². The molecule has 7 heteroatoms. The quantitative estimate of drug-likeness (QED) is 0.503. The lowest BCUT2D eigenvalue weighted by molar-refractivity contribution is -0.141. The molecule has 120 valence electrons. The van der Waals surface area contributed by atoms with Crippen LogP contribution in [0, 0.1) is 0 Å². The highest BCUT2D eigenvalue weighted by Crippen LogP contribution is 2.20. The summed E-state index contributed by atoms with van der Waals surface area (Å²) < 4.78 is 34.6. The smallest absolute Gasteiger partial charge is 0.334 e. The Morgan fingerprint density at radius 1 is 0.905 bits per heavy atom. The molecule has 0 aromatic rings. The van der Waals surface area contributed by atoms with Crippen LogP contribution in [-0.2, 0) is 28.9 Å². The van der Waals surface area contributed by atoms with Crippen molar-refractivity contribution in [3.63, 3.8) is 0 Å². The first-order valence-electron chi connectivity index (χ1n) is 6.53. The van der Waals surface area contributed by atoms with Gasteiger partial charge in [0.2, 0.25) is 20.7 Å². The zero-order chi connectivity index (χ0) is 16.8. The van der Waals surface area contributed by atoms with E-state index in [1.807, 2.05) is 0 Å². The van der Waals surface area contributed by atoms with E-state index in [-0.39, 0.29) is 24.0 Å². The van der Waals surface area contributed by atoms with Crippen LogP contribution >= 0.6 is 0 Å². The second kappa shape index (κ2) is 7.97. The van der Waals surface area contributed by atoms with E-state index < -0.39 is 32.6 Å². The zero-order valence-electron chi connectivity index (χ0n) is 12.8. The summed E-state index contributed by atoms with van der Waals surface area (Å²) in [5, 5.41) is 0. The number of rotatable bonds is 8. The average Bonchev–Trinajstić information content (AvgIpc) is 2.40. The third kappa shape index (κ3) is 5.34. The van der Waals surface area contributed by atoms with Crippen LogP contribution in [0.15, 0.2) is 24.3 Å². The molecule has 6 nitrogen and oxygen atoms in total. The molecule has 0 aliphatic carbocycles. The predicted octanol–water partition coefficient (Wildman–Crippen LogP) is 2.11.